The fourth-order valence-corrected chi connectivity index (χ4v) is 2.24. The lowest BCUT2D eigenvalue weighted by Crippen LogP contribution is -2.33. The molecule has 28 heavy (non-hydrogen) atoms. The maximum absolute atomic E-state index is 7.00. The van der Waals surface area contributed by atoms with Crippen molar-refractivity contribution in [2.24, 2.45) is 11.3 Å². The van der Waals surface area contributed by atoms with E-state index in [2.05, 4.69) is 65.1 Å². The molecule has 4 nitrogen and oxygen atoms in total. The number of nitrogens with one attached hydrogen (secondary N) is 1. The summed E-state index contributed by atoms with van der Waals surface area (Å²) in [6.45, 7) is 15.8. The Morgan fingerprint density at radius 1 is 1.14 bits per heavy atom. The Labute approximate surface area is 175 Å². The molecule has 1 fully saturated rings. The Hall–Kier alpha value is -1.10. The van der Waals surface area contributed by atoms with Crippen LogP contribution < -0.4 is 10.1 Å². The van der Waals surface area contributed by atoms with Gasteiger partial charge in [0.25, 0.3) is 0 Å². The van der Waals surface area contributed by atoms with E-state index < -0.39 is 0 Å². The molecule has 0 bridgehead atoms. The first kappa shape index (κ1) is 26.9. The second-order valence-electron chi connectivity index (χ2n) is 9.12. The van der Waals surface area contributed by atoms with Crippen LogP contribution in [-0.4, -0.2) is 39.1 Å². The summed E-state index contributed by atoms with van der Waals surface area (Å²) in [5.41, 5.74) is 1.59. The Balaban J connectivity index is 0. The summed E-state index contributed by atoms with van der Waals surface area (Å²) in [5.74, 6) is 1.80. The topological polar surface area (TPSA) is 50.7 Å². The van der Waals surface area contributed by atoms with E-state index in [-0.39, 0.29) is 6.97 Å². The van der Waals surface area contributed by atoms with Gasteiger partial charge in [0.1, 0.15) is 5.75 Å². The second-order valence-corrected chi connectivity index (χ2v) is 9.12. The Kier molecular flexibility index (Phi) is 13.4. The van der Waals surface area contributed by atoms with E-state index in [1.54, 1.807) is 0 Å². The molecule has 0 radical (unpaired) electrons. The van der Waals surface area contributed by atoms with Crippen LogP contribution in [0.4, 0.5) is 0 Å². The average Bonchev–Trinajstić information content (AvgIpc) is 3.50. The second kappa shape index (κ2) is 14.0. The van der Waals surface area contributed by atoms with Gasteiger partial charge in [-0.15, -0.1) is 0 Å². The maximum atomic E-state index is 7.00. The molecule has 1 saturated carbocycles. The molecule has 0 unspecified atom stereocenters. The molecule has 0 saturated heterocycles. The Morgan fingerprint density at radius 3 is 2.29 bits per heavy atom. The number of aliphatic hydroxyl groups excluding tert-OH is 1. The molecule has 0 heterocycles. The van der Waals surface area contributed by atoms with Crippen LogP contribution in [0, 0.1) is 11.3 Å². The SMILES string of the molecule is CCCCOCC(C)(C)C.CNC(C)(C)c1cccc(OCC2CC2)c1.CO.[HH]. The van der Waals surface area contributed by atoms with Gasteiger partial charge in [-0.2, -0.15) is 0 Å². The minimum absolute atomic E-state index is 0. The first-order valence-corrected chi connectivity index (χ1v) is 10.6. The number of benzene rings is 1. The lowest BCUT2D eigenvalue weighted by Gasteiger charge is -2.25. The van der Waals surface area contributed by atoms with Gasteiger partial charge in [0, 0.05) is 20.7 Å². The van der Waals surface area contributed by atoms with Crippen molar-refractivity contribution in [1.29, 1.82) is 0 Å². The van der Waals surface area contributed by atoms with Gasteiger partial charge in [-0.25, -0.2) is 0 Å². The van der Waals surface area contributed by atoms with E-state index >= 15 is 0 Å². The summed E-state index contributed by atoms with van der Waals surface area (Å²) < 4.78 is 11.2. The molecule has 1 aliphatic rings. The third kappa shape index (κ3) is 13.1. The van der Waals surface area contributed by atoms with Gasteiger partial charge < -0.3 is 19.9 Å². The third-order valence-electron chi connectivity index (χ3n) is 4.54. The van der Waals surface area contributed by atoms with Crippen LogP contribution in [0.15, 0.2) is 24.3 Å². The van der Waals surface area contributed by atoms with Gasteiger partial charge in [-0.3, -0.25) is 0 Å². The van der Waals surface area contributed by atoms with E-state index in [0.29, 0.717) is 5.41 Å². The molecule has 0 atom stereocenters. The van der Waals surface area contributed by atoms with Crippen LogP contribution in [0.25, 0.3) is 0 Å². The van der Waals surface area contributed by atoms with E-state index in [1.165, 1.54) is 31.2 Å². The largest absolute Gasteiger partial charge is 0.493 e. The summed E-state index contributed by atoms with van der Waals surface area (Å²) in [5, 5.41) is 10.3. The van der Waals surface area contributed by atoms with E-state index in [9.17, 15) is 0 Å². The van der Waals surface area contributed by atoms with E-state index in [1.807, 2.05) is 13.1 Å². The minimum atomic E-state index is -0.00104. The molecule has 1 aromatic carbocycles. The summed E-state index contributed by atoms with van der Waals surface area (Å²) >= 11 is 0. The molecule has 166 valence electrons. The zero-order valence-electron chi connectivity index (χ0n) is 19.6. The zero-order chi connectivity index (χ0) is 21.6. The molecule has 1 aliphatic carbocycles. The normalized spacial score (nSPS) is 13.8. The quantitative estimate of drug-likeness (QED) is 0.530. The van der Waals surface area contributed by atoms with Crippen LogP contribution in [-0.2, 0) is 10.3 Å². The maximum Gasteiger partial charge on any atom is 0.119 e. The van der Waals surface area contributed by atoms with Crippen molar-refractivity contribution >= 4 is 0 Å². The number of hydrogen-bond acceptors (Lipinski definition) is 4. The number of aliphatic hydroxyl groups is 1. The van der Waals surface area contributed by atoms with Crippen molar-refractivity contribution in [3.63, 3.8) is 0 Å². The van der Waals surface area contributed by atoms with Gasteiger partial charge >= 0.3 is 0 Å². The first-order chi connectivity index (χ1) is 13.2. The Bertz CT molecular complexity index is 511. The zero-order valence-corrected chi connectivity index (χ0v) is 19.6. The smallest absolute Gasteiger partial charge is 0.119 e. The highest BCUT2D eigenvalue weighted by atomic mass is 16.5. The third-order valence-corrected chi connectivity index (χ3v) is 4.54. The molecular weight excluding hydrogens is 350 g/mol. The van der Waals surface area contributed by atoms with Gasteiger partial charge in [-0.1, -0.05) is 46.2 Å². The van der Waals surface area contributed by atoms with Crippen LogP contribution in [0.5, 0.6) is 5.75 Å². The summed E-state index contributed by atoms with van der Waals surface area (Å²) in [6.07, 6.45) is 5.09. The summed E-state index contributed by atoms with van der Waals surface area (Å²) in [4.78, 5) is 0. The van der Waals surface area contributed by atoms with Crippen molar-refractivity contribution in [1.82, 2.24) is 5.32 Å². The van der Waals surface area contributed by atoms with Crippen LogP contribution >= 0.6 is 0 Å². The molecule has 0 aliphatic heterocycles. The molecule has 4 heteroatoms. The predicted molar refractivity (Wildman–Crippen MR) is 122 cm³/mol. The average molecular weight is 398 g/mol. The molecule has 2 rings (SSSR count). The van der Waals surface area contributed by atoms with Crippen molar-refractivity contribution in [3.05, 3.63) is 29.8 Å². The first-order valence-electron chi connectivity index (χ1n) is 10.6. The lowest BCUT2D eigenvalue weighted by atomic mass is 9.94. The van der Waals surface area contributed by atoms with Gasteiger partial charge in [0.2, 0.25) is 0 Å². The monoisotopic (exact) mass is 397 g/mol. The number of ether oxygens (including phenoxy) is 2. The number of unbranched alkanes of at least 4 members (excludes halogenated alkanes) is 1. The van der Waals surface area contributed by atoms with E-state index in [0.717, 1.165) is 38.6 Å². The highest BCUT2D eigenvalue weighted by Gasteiger charge is 2.22. The molecule has 0 amide bonds. The fraction of sp³-hybridized carbons (Fsp3) is 0.750. The van der Waals surface area contributed by atoms with Crippen LogP contribution in [0.3, 0.4) is 0 Å². The predicted octanol–water partition coefficient (Wildman–Crippen LogP) is 5.63. The standard InChI is InChI=1S/C14H21NO.C9H20O.CH4O.H2/c1-14(2,15-3)12-5-4-6-13(9-12)16-10-11-7-8-11;1-5-6-7-10-8-9(2,3)4;1-2;/h4-6,9,11,15H,7-8,10H2,1-3H3;5-8H2,1-4H3;2H,1H3;1H. The number of hydrogen-bond donors (Lipinski definition) is 2. The van der Waals surface area contributed by atoms with Gasteiger partial charge in [0.15, 0.2) is 0 Å². The summed E-state index contributed by atoms with van der Waals surface area (Å²) in [6, 6.07) is 8.38. The van der Waals surface area contributed by atoms with Crippen molar-refractivity contribution < 1.29 is 16.0 Å². The minimum Gasteiger partial charge on any atom is -0.493 e. The fourth-order valence-electron chi connectivity index (χ4n) is 2.24. The van der Waals surface area contributed by atoms with Crippen LogP contribution in [0.1, 0.15) is 74.2 Å². The van der Waals surface area contributed by atoms with Crippen molar-refractivity contribution in [3.8, 4) is 5.75 Å². The highest BCUT2D eigenvalue weighted by Crippen LogP contribution is 2.30. The molecule has 2 N–H and O–H groups in total. The summed E-state index contributed by atoms with van der Waals surface area (Å²) in [7, 11) is 2.98. The number of rotatable bonds is 9. The lowest BCUT2D eigenvalue weighted by molar-refractivity contribution is 0.0694. The van der Waals surface area contributed by atoms with Crippen LogP contribution in [0.2, 0.25) is 0 Å². The molecule has 0 spiro atoms. The Morgan fingerprint density at radius 2 is 1.79 bits per heavy atom. The van der Waals surface area contributed by atoms with Gasteiger partial charge in [0.05, 0.1) is 13.2 Å². The molecular formula is C24H47NO3. The van der Waals surface area contributed by atoms with Crippen molar-refractivity contribution in [2.45, 2.75) is 72.8 Å². The van der Waals surface area contributed by atoms with Crippen molar-refractivity contribution in [2.75, 3.05) is 34.0 Å². The van der Waals surface area contributed by atoms with E-state index in [4.69, 9.17) is 14.6 Å². The highest BCUT2D eigenvalue weighted by molar-refractivity contribution is 5.32. The van der Waals surface area contributed by atoms with Gasteiger partial charge in [-0.05, 0) is 69.2 Å². The molecule has 0 aromatic heterocycles. The molecule has 1 aromatic rings.